The number of aromatic nitrogens is 2. The van der Waals surface area contributed by atoms with Crippen molar-refractivity contribution in [1.82, 2.24) is 25.7 Å². The molecule has 2 amide bonds. The molecule has 2 rings (SSSR count). The van der Waals surface area contributed by atoms with Crippen molar-refractivity contribution in [2.45, 2.75) is 45.7 Å². The molecule has 1 aliphatic rings. The molecule has 1 aromatic heterocycles. The van der Waals surface area contributed by atoms with E-state index >= 15 is 0 Å². The van der Waals surface area contributed by atoms with E-state index in [1.807, 2.05) is 20.8 Å². The summed E-state index contributed by atoms with van der Waals surface area (Å²) in [5.41, 5.74) is 0. The highest BCUT2D eigenvalue weighted by molar-refractivity contribution is 7.11. The summed E-state index contributed by atoms with van der Waals surface area (Å²) in [6, 6.07) is -0.134. The maximum atomic E-state index is 12.1. The van der Waals surface area contributed by atoms with Crippen molar-refractivity contribution in [2.24, 2.45) is 0 Å². The summed E-state index contributed by atoms with van der Waals surface area (Å²) in [4.78, 5) is 26.1. The second-order valence-corrected chi connectivity index (χ2v) is 6.92. The SMILES string of the molecule is Cc1nnc(CCNC(=O)C[C@@H]2C(=O)NCCN2C(C)C)s1. The van der Waals surface area contributed by atoms with Crippen LogP contribution in [-0.4, -0.2) is 58.6 Å². The van der Waals surface area contributed by atoms with Gasteiger partial charge in [-0.25, -0.2) is 0 Å². The van der Waals surface area contributed by atoms with Gasteiger partial charge in [-0.3, -0.25) is 14.5 Å². The Labute approximate surface area is 134 Å². The van der Waals surface area contributed by atoms with E-state index in [0.29, 0.717) is 19.5 Å². The first kappa shape index (κ1) is 16.8. The number of hydrogen-bond donors (Lipinski definition) is 2. The van der Waals surface area contributed by atoms with E-state index in [9.17, 15) is 9.59 Å². The maximum Gasteiger partial charge on any atom is 0.237 e. The van der Waals surface area contributed by atoms with E-state index in [0.717, 1.165) is 16.6 Å². The van der Waals surface area contributed by atoms with Crippen molar-refractivity contribution in [3.63, 3.8) is 0 Å². The van der Waals surface area contributed by atoms with Gasteiger partial charge in [0.1, 0.15) is 10.0 Å². The molecule has 0 bridgehead atoms. The summed E-state index contributed by atoms with van der Waals surface area (Å²) in [6.07, 6.45) is 0.862. The lowest BCUT2D eigenvalue weighted by Gasteiger charge is -2.37. The highest BCUT2D eigenvalue weighted by Gasteiger charge is 2.32. The van der Waals surface area contributed by atoms with E-state index < -0.39 is 0 Å². The average Bonchev–Trinajstić information content (AvgIpc) is 2.86. The van der Waals surface area contributed by atoms with Crippen molar-refractivity contribution >= 4 is 23.2 Å². The average molecular weight is 325 g/mol. The van der Waals surface area contributed by atoms with Gasteiger partial charge >= 0.3 is 0 Å². The lowest BCUT2D eigenvalue weighted by atomic mass is 10.1. The zero-order chi connectivity index (χ0) is 16.1. The molecule has 0 spiro atoms. The van der Waals surface area contributed by atoms with Crippen molar-refractivity contribution in [2.75, 3.05) is 19.6 Å². The van der Waals surface area contributed by atoms with Crippen LogP contribution in [0.25, 0.3) is 0 Å². The fourth-order valence-corrected chi connectivity index (χ4v) is 3.26. The first-order valence-electron chi connectivity index (χ1n) is 7.56. The normalized spacial score (nSPS) is 19.3. The van der Waals surface area contributed by atoms with Gasteiger partial charge in [-0.05, 0) is 20.8 Å². The van der Waals surface area contributed by atoms with Crippen LogP contribution in [0, 0.1) is 6.92 Å². The van der Waals surface area contributed by atoms with E-state index in [2.05, 4.69) is 25.7 Å². The molecule has 7 nitrogen and oxygen atoms in total. The number of aryl methyl sites for hydroxylation is 1. The number of carbonyl (C=O) groups is 2. The van der Waals surface area contributed by atoms with E-state index in [1.54, 1.807) is 0 Å². The van der Waals surface area contributed by atoms with Crippen LogP contribution in [0.5, 0.6) is 0 Å². The van der Waals surface area contributed by atoms with E-state index in [4.69, 9.17) is 0 Å². The van der Waals surface area contributed by atoms with Crippen LogP contribution in [-0.2, 0) is 16.0 Å². The molecule has 0 aromatic carbocycles. The van der Waals surface area contributed by atoms with Gasteiger partial charge in [-0.2, -0.15) is 0 Å². The number of piperazine rings is 1. The predicted octanol–water partition coefficient (Wildman–Crippen LogP) is 0.104. The van der Waals surface area contributed by atoms with Crippen LogP contribution in [0.2, 0.25) is 0 Å². The Balaban J connectivity index is 1.80. The monoisotopic (exact) mass is 325 g/mol. The van der Waals surface area contributed by atoms with Crippen molar-refractivity contribution in [3.05, 3.63) is 10.0 Å². The lowest BCUT2D eigenvalue weighted by molar-refractivity contribution is -0.134. The molecular formula is C14H23N5O2S. The fraction of sp³-hybridized carbons (Fsp3) is 0.714. The summed E-state index contributed by atoms with van der Waals surface area (Å²) in [5.74, 6) is -0.163. The molecule has 8 heteroatoms. The Morgan fingerprint density at radius 1 is 1.50 bits per heavy atom. The first-order valence-corrected chi connectivity index (χ1v) is 8.38. The quantitative estimate of drug-likeness (QED) is 0.775. The molecule has 0 unspecified atom stereocenters. The minimum Gasteiger partial charge on any atom is -0.356 e. The third-order valence-corrected chi connectivity index (χ3v) is 4.54. The van der Waals surface area contributed by atoms with Gasteiger partial charge in [-0.15, -0.1) is 21.5 Å². The van der Waals surface area contributed by atoms with Gasteiger partial charge in [0.25, 0.3) is 0 Å². The molecule has 0 radical (unpaired) electrons. The first-order chi connectivity index (χ1) is 10.5. The summed E-state index contributed by atoms with van der Waals surface area (Å²) in [7, 11) is 0. The van der Waals surface area contributed by atoms with Gasteiger partial charge in [-0.1, -0.05) is 0 Å². The third-order valence-electron chi connectivity index (χ3n) is 3.64. The second kappa shape index (κ2) is 7.64. The number of carbonyl (C=O) groups excluding carboxylic acids is 2. The zero-order valence-corrected chi connectivity index (χ0v) is 14.1. The Kier molecular flexibility index (Phi) is 5.84. The van der Waals surface area contributed by atoms with Gasteiger partial charge in [0, 0.05) is 32.1 Å². The molecule has 1 aromatic rings. The van der Waals surface area contributed by atoms with Crippen LogP contribution < -0.4 is 10.6 Å². The Morgan fingerprint density at radius 2 is 2.27 bits per heavy atom. The van der Waals surface area contributed by atoms with Crippen molar-refractivity contribution in [1.29, 1.82) is 0 Å². The van der Waals surface area contributed by atoms with Crippen LogP contribution in [0.1, 0.15) is 30.3 Å². The molecule has 122 valence electrons. The number of amides is 2. The molecule has 2 heterocycles. The van der Waals surface area contributed by atoms with Gasteiger partial charge in [0.15, 0.2) is 0 Å². The third kappa shape index (κ3) is 4.48. The number of hydrogen-bond acceptors (Lipinski definition) is 6. The standard InChI is InChI=1S/C14H23N5O2S/c1-9(2)19-7-6-16-14(21)11(19)8-12(20)15-5-4-13-18-17-10(3)22-13/h9,11H,4-8H2,1-3H3,(H,15,20)(H,16,21)/t11-/m1/s1. The predicted molar refractivity (Wildman–Crippen MR) is 84.6 cm³/mol. The smallest absolute Gasteiger partial charge is 0.237 e. The Bertz CT molecular complexity index is 531. The zero-order valence-electron chi connectivity index (χ0n) is 13.3. The van der Waals surface area contributed by atoms with Crippen LogP contribution in [0.3, 0.4) is 0 Å². The topological polar surface area (TPSA) is 87.2 Å². The number of nitrogens with one attached hydrogen (secondary N) is 2. The van der Waals surface area contributed by atoms with Crippen LogP contribution in [0.4, 0.5) is 0 Å². The van der Waals surface area contributed by atoms with Gasteiger partial charge in [0.05, 0.1) is 12.5 Å². The van der Waals surface area contributed by atoms with Crippen molar-refractivity contribution < 1.29 is 9.59 Å². The lowest BCUT2D eigenvalue weighted by Crippen LogP contribution is -2.58. The molecule has 0 saturated carbocycles. The summed E-state index contributed by atoms with van der Waals surface area (Å²) in [5, 5.41) is 15.5. The number of nitrogens with zero attached hydrogens (tertiary/aromatic N) is 3. The minimum absolute atomic E-state index is 0.0603. The Morgan fingerprint density at radius 3 is 2.91 bits per heavy atom. The Hall–Kier alpha value is -1.54. The molecule has 22 heavy (non-hydrogen) atoms. The fourth-order valence-electron chi connectivity index (χ4n) is 2.56. The van der Waals surface area contributed by atoms with Gasteiger partial charge in [0.2, 0.25) is 11.8 Å². The molecule has 1 saturated heterocycles. The molecule has 1 fully saturated rings. The van der Waals surface area contributed by atoms with E-state index in [1.165, 1.54) is 11.3 Å². The molecule has 1 atom stereocenters. The summed E-state index contributed by atoms with van der Waals surface area (Å²) >= 11 is 1.53. The largest absolute Gasteiger partial charge is 0.356 e. The minimum atomic E-state index is -0.377. The molecule has 1 aliphatic heterocycles. The molecule has 2 N–H and O–H groups in total. The highest BCUT2D eigenvalue weighted by Crippen LogP contribution is 2.13. The van der Waals surface area contributed by atoms with Crippen LogP contribution in [0.15, 0.2) is 0 Å². The summed E-state index contributed by atoms with van der Waals surface area (Å²) in [6.45, 7) is 7.94. The summed E-state index contributed by atoms with van der Waals surface area (Å²) < 4.78 is 0. The number of rotatable bonds is 6. The second-order valence-electron chi connectivity index (χ2n) is 5.66. The van der Waals surface area contributed by atoms with Gasteiger partial charge < -0.3 is 10.6 Å². The maximum absolute atomic E-state index is 12.1. The van der Waals surface area contributed by atoms with Crippen LogP contribution >= 0.6 is 11.3 Å². The molecule has 0 aliphatic carbocycles. The highest BCUT2D eigenvalue weighted by atomic mass is 32.1. The molecular weight excluding hydrogens is 302 g/mol. The van der Waals surface area contributed by atoms with E-state index in [-0.39, 0.29) is 30.3 Å². The van der Waals surface area contributed by atoms with Crippen molar-refractivity contribution in [3.8, 4) is 0 Å².